The summed E-state index contributed by atoms with van der Waals surface area (Å²) in [4.78, 5) is 12.3. The Hall–Kier alpha value is -3.12. The van der Waals surface area contributed by atoms with Crippen molar-refractivity contribution in [2.45, 2.75) is 58.2 Å². The molecule has 0 bridgehead atoms. The summed E-state index contributed by atoms with van der Waals surface area (Å²) in [6, 6.07) is 4.17. The number of nitrogens with zero attached hydrogens (tertiary/aromatic N) is 1. The van der Waals surface area contributed by atoms with E-state index in [0.29, 0.717) is 18.7 Å². The summed E-state index contributed by atoms with van der Waals surface area (Å²) < 4.78 is 73.2. The van der Waals surface area contributed by atoms with Crippen molar-refractivity contribution in [2.24, 2.45) is 5.92 Å². The van der Waals surface area contributed by atoms with Crippen molar-refractivity contribution in [2.75, 3.05) is 6.61 Å². The van der Waals surface area contributed by atoms with Crippen LogP contribution in [-0.2, 0) is 4.74 Å². The molecule has 1 aliphatic rings. The molecule has 0 amide bonds. The summed E-state index contributed by atoms with van der Waals surface area (Å²) in [7, 11) is 0. The maximum Gasteiger partial charge on any atom is 0.349 e. The molecule has 0 saturated heterocycles. The molecule has 1 unspecified atom stereocenters. The molecule has 0 aromatic heterocycles. The van der Waals surface area contributed by atoms with E-state index in [1.54, 1.807) is 0 Å². The van der Waals surface area contributed by atoms with Crippen molar-refractivity contribution in [1.29, 1.82) is 5.26 Å². The number of unbranched alkanes of at least 4 members (excludes halogenated alkanes) is 1. The Morgan fingerprint density at radius 2 is 1.59 bits per heavy atom. The van der Waals surface area contributed by atoms with Crippen LogP contribution >= 0.6 is 0 Å². The van der Waals surface area contributed by atoms with E-state index in [9.17, 15) is 22.4 Å². The third-order valence-electron chi connectivity index (χ3n) is 5.62. The first-order valence-corrected chi connectivity index (χ1v) is 11.2. The minimum absolute atomic E-state index is 0.0857. The number of ether oxygens (including phenoxy) is 3. The highest BCUT2D eigenvalue weighted by Gasteiger charge is 2.28. The number of benzene rings is 2. The molecule has 1 fully saturated rings. The Kier molecular flexibility index (Phi) is 8.88. The molecule has 0 radical (unpaired) electrons. The fourth-order valence-electron chi connectivity index (χ4n) is 3.84. The number of hydrogen-bond donors (Lipinski definition) is 0. The summed E-state index contributed by atoms with van der Waals surface area (Å²) in [6.07, 6.45) is 5.98. The number of carbonyl (C=O) groups excluding carboxylic acids is 1. The summed E-state index contributed by atoms with van der Waals surface area (Å²) in [5, 5.41) is 8.70. The van der Waals surface area contributed by atoms with E-state index in [-0.39, 0.29) is 11.7 Å². The Balaban J connectivity index is 1.77. The molecule has 0 aliphatic heterocycles. The van der Waals surface area contributed by atoms with Gasteiger partial charge in [0.2, 0.25) is 6.29 Å². The molecule has 2 aromatic carbocycles. The number of halogens is 4. The Bertz CT molecular complexity index is 1020. The van der Waals surface area contributed by atoms with Gasteiger partial charge in [-0.05, 0) is 19.3 Å². The molecular weight excluding hydrogens is 454 g/mol. The number of esters is 1. The first kappa shape index (κ1) is 25.5. The maximum atomic E-state index is 14.7. The number of hydrogen-bond acceptors (Lipinski definition) is 5. The normalized spacial score (nSPS) is 14.9. The number of nitriles is 1. The van der Waals surface area contributed by atoms with Crippen LogP contribution in [-0.4, -0.2) is 18.9 Å². The molecular formula is C25H25F4NO4. The van der Waals surface area contributed by atoms with E-state index >= 15 is 0 Å². The third kappa shape index (κ3) is 6.26. The molecule has 0 heterocycles. The average Bonchev–Trinajstić information content (AvgIpc) is 2.78. The second-order valence-electron chi connectivity index (χ2n) is 8.13. The van der Waals surface area contributed by atoms with Gasteiger partial charge in [0.05, 0.1) is 6.61 Å². The molecule has 0 N–H and O–H groups in total. The van der Waals surface area contributed by atoms with Gasteiger partial charge in [-0.3, -0.25) is 0 Å². The van der Waals surface area contributed by atoms with Crippen LogP contribution in [0.1, 0.15) is 67.8 Å². The van der Waals surface area contributed by atoms with Crippen LogP contribution in [0.4, 0.5) is 17.6 Å². The van der Waals surface area contributed by atoms with Gasteiger partial charge in [-0.2, -0.15) is 5.26 Å². The maximum absolute atomic E-state index is 14.7. The quantitative estimate of drug-likeness (QED) is 0.136. The highest BCUT2D eigenvalue weighted by atomic mass is 19.1. The minimum atomic E-state index is -1.49. The third-order valence-corrected chi connectivity index (χ3v) is 5.62. The van der Waals surface area contributed by atoms with Crippen molar-refractivity contribution in [1.82, 2.24) is 0 Å². The van der Waals surface area contributed by atoms with Crippen molar-refractivity contribution in [3.63, 3.8) is 0 Å². The van der Waals surface area contributed by atoms with Crippen LogP contribution in [0.25, 0.3) is 0 Å². The first-order chi connectivity index (χ1) is 16.3. The first-order valence-electron chi connectivity index (χ1n) is 11.2. The average molecular weight is 479 g/mol. The minimum Gasteiger partial charge on any atom is -0.464 e. The zero-order valence-corrected chi connectivity index (χ0v) is 18.7. The Morgan fingerprint density at radius 1 is 1.00 bits per heavy atom. The second kappa shape index (κ2) is 11.8. The molecule has 5 nitrogen and oxygen atoms in total. The van der Waals surface area contributed by atoms with Crippen molar-refractivity contribution in [3.05, 3.63) is 58.7 Å². The zero-order valence-electron chi connectivity index (χ0n) is 18.7. The molecule has 3 rings (SSSR count). The van der Waals surface area contributed by atoms with Crippen molar-refractivity contribution < 1.29 is 36.6 Å². The van der Waals surface area contributed by atoms with E-state index in [4.69, 9.17) is 19.5 Å². The predicted molar refractivity (Wildman–Crippen MR) is 114 cm³/mol. The lowest BCUT2D eigenvalue weighted by Crippen LogP contribution is -2.32. The van der Waals surface area contributed by atoms with E-state index in [0.717, 1.165) is 57.1 Å². The second-order valence-corrected chi connectivity index (χ2v) is 8.13. The molecule has 1 aliphatic carbocycles. The molecule has 34 heavy (non-hydrogen) atoms. The van der Waals surface area contributed by atoms with Crippen LogP contribution in [0.2, 0.25) is 0 Å². The summed E-state index contributed by atoms with van der Waals surface area (Å²) in [5.74, 6) is -7.25. The Labute approximate surface area is 195 Å². The van der Waals surface area contributed by atoms with Gasteiger partial charge in [-0.25, -0.2) is 22.4 Å². The van der Waals surface area contributed by atoms with Gasteiger partial charge in [-0.1, -0.05) is 32.6 Å². The van der Waals surface area contributed by atoms with E-state index in [1.165, 1.54) is 6.07 Å². The summed E-state index contributed by atoms with van der Waals surface area (Å²) in [6.45, 7) is 2.47. The van der Waals surface area contributed by atoms with E-state index in [2.05, 4.69) is 0 Å². The van der Waals surface area contributed by atoms with Gasteiger partial charge in [-0.15, -0.1) is 0 Å². The van der Waals surface area contributed by atoms with Crippen molar-refractivity contribution in [3.8, 4) is 17.6 Å². The van der Waals surface area contributed by atoms with Crippen LogP contribution in [0, 0.1) is 40.5 Å². The summed E-state index contributed by atoms with van der Waals surface area (Å²) >= 11 is 0. The van der Waals surface area contributed by atoms with Gasteiger partial charge in [0.25, 0.3) is 0 Å². The molecule has 182 valence electrons. The number of carbonyl (C=O) groups is 1. The molecule has 0 spiro atoms. The fraction of sp³-hybridized carbons (Fsp3) is 0.440. The van der Waals surface area contributed by atoms with Gasteiger partial charge in [0.1, 0.15) is 52.0 Å². The van der Waals surface area contributed by atoms with E-state index < -0.39 is 52.4 Å². The lowest BCUT2D eigenvalue weighted by Gasteiger charge is -2.30. The topological polar surface area (TPSA) is 68.6 Å². The molecule has 1 saturated carbocycles. The lowest BCUT2D eigenvalue weighted by molar-refractivity contribution is -0.123. The molecule has 2 aromatic rings. The van der Waals surface area contributed by atoms with Gasteiger partial charge >= 0.3 is 5.97 Å². The van der Waals surface area contributed by atoms with Gasteiger partial charge in [0.15, 0.2) is 0 Å². The predicted octanol–water partition coefficient (Wildman–Crippen LogP) is 6.44. The van der Waals surface area contributed by atoms with Crippen LogP contribution < -0.4 is 9.47 Å². The Morgan fingerprint density at radius 3 is 2.15 bits per heavy atom. The van der Waals surface area contributed by atoms with Crippen molar-refractivity contribution >= 4 is 5.97 Å². The summed E-state index contributed by atoms with van der Waals surface area (Å²) in [5.41, 5.74) is -1.91. The van der Waals surface area contributed by atoms with Crippen LogP contribution in [0.3, 0.4) is 0 Å². The SMILES string of the molecule is CCCCOC(Oc1cc(F)c(C(=O)Oc2cc(F)c(C#N)c(F)c2)c(F)c1)C1CCCCC1. The van der Waals surface area contributed by atoms with Crippen LogP contribution in [0.5, 0.6) is 11.5 Å². The molecule has 1 atom stereocenters. The monoisotopic (exact) mass is 479 g/mol. The van der Waals surface area contributed by atoms with Gasteiger partial charge < -0.3 is 14.2 Å². The van der Waals surface area contributed by atoms with Gasteiger partial charge in [0, 0.05) is 30.2 Å². The number of rotatable bonds is 9. The highest BCUT2D eigenvalue weighted by Crippen LogP contribution is 2.31. The highest BCUT2D eigenvalue weighted by molar-refractivity contribution is 5.91. The van der Waals surface area contributed by atoms with E-state index in [1.807, 2.05) is 6.92 Å². The fourth-order valence-corrected chi connectivity index (χ4v) is 3.84. The van der Waals surface area contributed by atoms with Crippen LogP contribution in [0.15, 0.2) is 24.3 Å². The lowest BCUT2D eigenvalue weighted by atomic mass is 9.89. The standard InChI is InChI=1S/C25H25F4NO4/c1-2-3-9-32-25(15-7-5-4-6-8-15)34-17-12-21(28)23(22(29)13-17)24(31)33-16-10-19(26)18(14-30)20(27)11-16/h10-13,15,25H,2-9H2,1H3. The molecule has 9 heteroatoms. The zero-order chi connectivity index (χ0) is 24.7. The largest absolute Gasteiger partial charge is 0.464 e. The smallest absolute Gasteiger partial charge is 0.349 e.